The minimum Gasteiger partial charge on any atom is -0.454 e. The van der Waals surface area contributed by atoms with Crippen LogP contribution in [0.3, 0.4) is 0 Å². The van der Waals surface area contributed by atoms with Gasteiger partial charge in [0, 0.05) is 12.7 Å². The number of fused-ring (bicyclic) bond motifs is 2. The minimum atomic E-state index is -0.383. The van der Waals surface area contributed by atoms with Crippen LogP contribution in [0.1, 0.15) is 5.56 Å². The van der Waals surface area contributed by atoms with Gasteiger partial charge in [0.15, 0.2) is 11.5 Å². The molecule has 1 aromatic heterocycles. The van der Waals surface area contributed by atoms with Crippen molar-refractivity contribution in [2.75, 3.05) is 12.1 Å². The van der Waals surface area contributed by atoms with Gasteiger partial charge in [-0.25, -0.2) is 0 Å². The number of nitrogens with one attached hydrogen (secondary N) is 1. The fraction of sp³-hybridized carbons (Fsp3) is 0.118. The Labute approximate surface area is 137 Å². The zero-order chi connectivity index (χ0) is 16.5. The van der Waals surface area contributed by atoms with E-state index in [1.165, 1.54) is 0 Å². The number of pyridine rings is 1. The highest BCUT2D eigenvalue weighted by Crippen LogP contribution is 2.34. The smallest absolute Gasteiger partial charge is 0.301 e. The molecule has 0 spiro atoms. The maximum Gasteiger partial charge on any atom is 0.301 e. The average molecular weight is 323 g/mol. The molecule has 7 nitrogen and oxygen atoms in total. The third-order valence-electron chi connectivity index (χ3n) is 3.86. The molecule has 0 unspecified atom stereocenters. The van der Waals surface area contributed by atoms with Crippen LogP contribution in [0, 0.1) is 10.1 Å². The fourth-order valence-electron chi connectivity index (χ4n) is 2.72. The first-order valence-electron chi connectivity index (χ1n) is 7.37. The van der Waals surface area contributed by atoms with E-state index in [1.807, 2.05) is 18.2 Å². The van der Waals surface area contributed by atoms with Crippen molar-refractivity contribution in [3.63, 3.8) is 0 Å². The van der Waals surface area contributed by atoms with Crippen LogP contribution >= 0.6 is 0 Å². The van der Waals surface area contributed by atoms with Crippen molar-refractivity contribution in [2.24, 2.45) is 0 Å². The van der Waals surface area contributed by atoms with Gasteiger partial charge in [-0.05, 0) is 42.0 Å². The Morgan fingerprint density at radius 2 is 2.04 bits per heavy atom. The number of nitrogens with zero attached hydrogens (tertiary/aromatic N) is 2. The maximum absolute atomic E-state index is 11.5. The minimum absolute atomic E-state index is 0.0290. The Balaban J connectivity index is 1.65. The molecule has 1 N–H and O–H groups in total. The first-order valence-corrected chi connectivity index (χ1v) is 7.37. The van der Waals surface area contributed by atoms with Gasteiger partial charge in [0.1, 0.15) is 5.69 Å². The van der Waals surface area contributed by atoms with Crippen LogP contribution < -0.4 is 14.8 Å². The molecule has 7 heteroatoms. The summed E-state index contributed by atoms with van der Waals surface area (Å²) >= 11 is 0. The summed E-state index contributed by atoms with van der Waals surface area (Å²) in [6.07, 6.45) is 1.62. The highest BCUT2D eigenvalue weighted by molar-refractivity contribution is 5.94. The monoisotopic (exact) mass is 323 g/mol. The first kappa shape index (κ1) is 14.3. The van der Waals surface area contributed by atoms with E-state index in [0.717, 1.165) is 5.56 Å². The predicted octanol–water partition coefficient (Wildman–Crippen LogP) is 3.48. The number of nitro benzene ring substituents is 1. The predicted molar refractivity (Wildman–Crippen MR) is 88.3 cm³/mol. The lowest BCUT2D eigenvalue weighted by Crippen LogP contribution is -2.03. The summed E-state index contributed by atoms with van der Waals surface area (Å²) in [5.41, 5.74) is 2.03. The lowest BCUT2D eigenvalue weighted by Gasteiger charge is -2.09. The first-order chi connectivity index (χ1) is 11.7. The molecule has 1 aliphatic rings. The van der Waals surface area contributed by atoms with E-state index >= 15 is 0 Å². The van der Waals surface area contributed by atoms with Gasteiger partial charge in [-0.3, -0.25) is 15.1 Å². The van der Waals surface area contributed by atoms with E-state index in [1.54, 1.807) is 30.5 Å². The lowest BCUT2D eigenvalue weighted by molar-refractivity contribution is -0.382. The number of aromatic nitrogens is 1. The quantitative estimate of drug-likeness (QED) is 0.584. The van der Waals surface area contributed by atoms with E-state index in [2.05, 4.69) is 10.3 Å². The zero-order valence-corrected chi connectivity index (χ0v) is 12.6. The molecule has 2 heterocycles. The van der Waals surface area contributed by atoms with Gasteiger partial charge in [-0.2, -0.15) is 0 Å². The summed E-state index contributed by atoms with van der Waals surface area (Å²) in [7, 11) is 0. The molecule has 0 saturated carbocycles. The fourth-order valence-corrected chi connectivity index (χ4v) is 2.72. The molecule has 4 rings (SSSR count). The third-order valence-corrected chi connectivity index (χ3v) is 3.86. The van der Waals surface area contributed by atoms with Crippen LogP contribution in [0.2, 0.25) is 0 Å². The SMILES string of the molecule is O=[N+]([O-])c1c(NCc2ccc3c(c2)OCO3)ccc2ncccc12. The summed E-state index contributed by atoms with van der Waals surface area (Å²) in [6, 6.07) is 12.4. The molecule has 0 aliphatic carbocycles. The normalized spacial score (nSPS) is 12.3. The van der Waals surface area contributed by atoms with Crippen molar-refractivity contribution < 1.29 is 14.4 Å². The largest absolute Gasteiger partial charge is 0.454 e. The van der Waals surface area contributed by atoms with Crippen molar-refractivity contribution in [1.29, 1.82) is 0 Å². The van der Waals surface area contributed by atoms with Crippen molar-refractivity contribution in [3.8, 4) is 11.5 Å². The summed E-state index contributed by atoms with van der Waals surface area (Å²) in [5, 5.41) is 15.1. The van der Waals surface area contributed by atoms with E-state index < -0.39 is 0 Å². The molecule has 120 valence electrons. The van der Waals surface area contributed by atoms with Gasteiger partial charge in [-0.1, -0.05) is 6.07 Å². The molecule has 0 bridgehead atoms. The molecular formula is C17H13N3O4. The van der Waals surface area contributed by atoms with Crippen LogP contribution in [0.25, 0.3) is 10.9 Å². The Hall–Kier alpha value is -3.35. The number of nitro groups is 1. The number of hydrogen-bond acceptors (Lipinski definition) is 6. The Morgan fingerprint density at radius 3 is 2.92 bits per heavy atom. The third kappa shape index (κ3) is 2.45. The van der Waals surface area contributed by atoms with Crippen molar-refractivity contribution in [1.82, 2.24) is 4.98 Å². The molecule has 2 aromatic carbocycles. The van der Waals surface area contributed by atoms with Gasteiger partial charge >= 0.3 is 5.69 Å². The highest BCUT2D eigenvalue weighted by Gasteiger charge is 2.19. The van der Waals surface area contributed by atoms with Gasteiger partial charge < -0.3 is 14.8 Å². The summed E-state index contributed by atoms with van der Waals surface area (Å²) in [5.74, 6) is 1.40. The standard InChI is InChI=1S/C17H13N3O4/c21-20(22)17-12-2-1-7-18-13(12)4-5-14(17)19-9-11-3-6-15-16(8-11)24-10-23-15/h1-8,19H,9-10H2. The zero-order valence-electron chi connectivity index (χ0n) is 12.6. The Kier molecular flexibility index (Phi) is 3.38. The molecule has 0 atom stereocenters. The topological polar surface area (TPSA) is 86.5 Å². The van der Waals surface area contributed by atoms with Crippen LogP contribution in [-0.2, 0) is 6.54 Å². The van der Waals surface area contributed by atoms with Crippen LogP contribution in [0.4, 0.5) is 11.4 Å². The van der Waals surface area contributed by atoms with Gasteiger partial charge in [0.05, 0.1) is 15.8 Å². The molecular weight excluding hydrogens is 310 g/mol. The number of anilines is 1. The van der Waals surface area contributed by atoms with Crippen molar-refractivity contribution in [2.45, 2.75) is 6.54 Å². The summed E-state index contributed by atoms with van der Waals surface area (Å²) in [6.45, 7) is 0.651. The Morgan fingerprint density at radius 1 is 1.17 bits per heavy atom. The molecule has 0 radical (unpaired) electrons. The van der Waals surface area contributed by atoms with Crippen LogP contribution in [-0.4, -0.2) is 16.7 Å². The second-order valence-corrected chi connectivity index (χ2v) is 5.33. The van der Waals surface area contributed by atoms with E-state index in [0.29, 0.717) is 34.6 Å². The molecule has 1 aliphatic heterocycles. The van der Waals surface area contributed by atoms with Crippen LogP contribution in [0.15, 0.2) is 48.7 Å². The summed E-state index contributed by atoms with van der Waals surface area (Å²) < 4.78 is 10.6. The van der Waals surface area contributed by atoms with Crippen LogP contribution in [0.5, 0.6) is 11.5 Å². The molecule has 3 aromatic rings. The molecule has 0 amide bonds. The average Bonchev–Trinajstić information content (AvgIpc) is 3.06. The van der Waals surface area contributed by atoms with E-state index in [9.17, 15) is 10.1 Å². The summed E-state index contributed by atoms with van der Waals surface area (Å²) in [4.78, 5) is 15.3. The number of ether oxygens (including phenoxy) is 2. The molecule has 0 saturated heterocycles. The molecule has 24 heavy (non-hydrogen) atoms. The Bertz CT molecular complexity index is 942. The van der Waals surface area contributed by atoms with E-state index in [-0.39, 0.29) is 17.4 Å². The molecule has 0 fully saturated rings. The van der Waals surface area contributed by atoms with Crippen molar-refractivity contribution >= 4 is 22.3 Å². The highest BCUT2D eigenvalue weighted by atomic mass is 16.7. The van der Waals surface area contributed by atoms with Gasteiger partial charge in [-0.15, -0.1) is 0 Å². The maximum atomic E-state index is 11.5. The lowest BCUT2D eigenvalue weighted by atomic mass is 10.1. The van der Waals surface area contributed by atoms with Gasteiger partial charge in [0.2, 0.25) is 6.79 Å². The van der Waals surface area contributed by atoms with Gasteiger partial charge in [0.25, 0.3) is 0 Å². The van der Waals surface area contributed by atoms with E-state index in [4.69, 9.17) is 9.47 Å². The van der Waals surface area contributed by atoms with Crippen molar-refractivity contribution in [3.05, 3.63) is 64.3 Å². The number of benzene rings is 2. The second kappa shape index (κ2) is 5.69. The number of hydrogen-bond donors (Lipinski definition) is 1. The number of rotatable bonds is 4. The second-order valence-electron chi connectivity index (χ2n) is 5.33.